The first-order chi connectivity index (χ1) is 10.1. The Morgan fingerprint density at radius 2 is 2.00 bits per heavy atom. The molecule has 0 spiro atoms. The lowest BCUT2D eigenvalue weighted by Gasteiger charge is -2.20. The van der Waals surface area contributed by atoms with Gasteiger partial charge in [-0.2, -0.15) is 0 Å². The Morgan fingerprint density at radius 1 is 1.29 bits per heavy atom. The van der Waals surface area contributed by atoms with Crippen molar-refractivity contribution in [2.75, 3.05) is 26.2 Å². The van der Waals surface area contributed by atoms with Crippen LogP contribution in [0.2, 0.25) is 0 Å². The third-order valence-corrected chi connectivity index (χ3v) is 3.67. The highest BCUT2D eigenvalue weighted by Gasteiger charge is 2.15. The van der Waals surface area contributed by atoms with Gasteiger partial charge >= 0.3 is 0 Å². The van der Waals surface area contributed by atoms with Gasteiger partial charge in [0.15, 0.2) is 0 Å². The standard InChI is InChI=1S/C15H21BrN2O3/c1-2-3-8-18(9-10-19)11-14(20)17-15(21)12-6-4-5-7-13(12)16/h4-7,19H,2-3,8-11H2,1H3,(H,17,20,21). The Labute approximate surface area is 133 Å². The number of rotatable bonds is 8. The second-order valence-corrected chi connectivity index (χ2v) is 5.56. The molecule has 2 amide bonds. The van der Waals surface area contributed by atoms with Gasteiger partial charge in [0.05, 0.1) is 18.7 Å². The van der Waals surface area contributed by atoms with Gasteiger partial charge in [-0.3, -0.25) is 19.8 Å². The topological polar surface area (TPSA) is 69.6 Å². The van der Waals surface area contributed by atoms with Crippen LogP contribution in [0.25, 0.3) is 0 Å². The maximum absolute atomic E-state index is 12.0. The van der Waals surface area contributed by atoms with E-state index in [9.17, 15) is 9.59 Å². The lowest BCUT2D eigenvalue weighted by molar-refractivity contribution is -0.121. The van der Waals surface area contributed by atoms with Gasteiger partial charge in [0.2, 0.25) is 5.91 Å². The summed E-state index contributed by atoms with van der Waals surface area (Å²) in [6, 6.07) is 6.94. The number of carbonyl (C=O) groups excluding carboxylic acids is 2. The number of aliphatic hydroxyl groups excluding tert-OH is 1. The Hall–Kier alpha value is -1.24. The minimum Gasteiger partial charge on any atom is -0.395 e. The van der Waals surface area contributed by atoms with Crippen molar-refractivity contribution < 1.29 is 14.7 Å². The van der Waals surface area contributed by atoms with E-state index in [1.165, 1.54) is 0 Å². The first-order valence-electron chi connectivity index (χ1n) is 7.00. The molecule has 0 aliphatic carbocycles. The van der Waals surface area contributed by atoms with Crippen LogP contribution in [0.15, 0.2) is 28.7 Å². The molecule has 21 heavy (non-hydrogen) atoms. The van der Waals surface area contributed by atoms with Crippen LogP contribution in [-0.2, 0) is 4.79 Å². The summed E-state index contributed by atoms with van der Waals surface area (Å²) in [6.07, 6.45) is 1.96. The molecule has 0 aliphatic rings. The third kappa shape index (κ3) is 6.37. The summed E-state index contributed by atoms with van der Waals surface area (Å²) < 4.78 is 0.647. The van der Waals surface area contributed by atoms with Crippen LogP contribution in [0.5, 0.6) is 0 Å². The third-order valence-electron chi connectivity index (χ3n) is 2.98. The number of unbranched alkanes of at least 4 members (excludes halogenated alkanes) is 1. The van der Waals surface area contributed by atoms with Gasteiger partial charge in [0.25, 0.3) is 5.91 Å². The largest absolute Gasteiger partial charge is 0.395 e. The van der Waals surface area contributed by atoms with Crippen LogP contribution in [0.4, 0.5) is 0 Å². The molecular formula is C15H21BrN2O3. The van der Waals surface area contributed by atoms with Crippen molar-refractivity contribution in [3.8, 4) is 0 Å². The summed E-state index contributed by atoms with van der Waals surface area (Å²) in [5.74, 6) is -0.785. The molecule has 0 heterocycles. The fourth-order valence-corrected chi connectivity index (χ4v) is 2.34. The molecule has 0 aliphatic heterocycles. The van der Waals surface area contributed by atoms with Gasteiger partial charge in [0, 0.05) is 11.0 Å². The van der Waals surface area contributed by atoms with E-state index < -0.39 is 5.91 Å². The maximum atomic E-state index is 12.0. The zero-order chi connectivity index (χ0) is 15.7. The van der Waals surface area contributed by atoms with Crippen LogP contribution in [0.1, 0.15) is 30.1 Å². The number of halogens is 1. The molecule has 5 nitrogen and oxygen atoms in total. The number of nitrogens with zero attached hydrogens (tertiary/aromatic N) is 1. The molecule has 0 unspecified atom stereocenters. The van der Waals surface area contributed by atoms with E-state index in [1.807, 2.05) is 4.90 Å². The number of carbonyl (C=O) groups is 2. The monoisotopic (exact) mass is 356 g/mol. The summed E-state index contributed by atoms with van der Waals surface area (Å²) in [4.78, 5) is 25.8. The zero-order valence-electron chi connectivity index (χ0n) is 12.1. The minimum absolute atomic E-state index is 0.00479. The minimum atomic E-state index is -0.424. The fourth-order valence-electron chi connectivity index (χ4n) is 1.87. The average molecular weight is 357 g/mol. The molecule has 6 heteroatoms. The number of amides is 2. The summed E-state index contributed by atoms with van der Waals surface area (Å²) in [7, 11) is 0. The smallest absolute Gasteiger partial charge is 0.259 e. The predicted molar refractivity (Wildman–Crippen MR) is 85.0 cm³/mol. The van der Waals surface area contributed by atoms with Crippen molar-refractivity contribution in [1.29, 1.82) is 0 Å². The summed E-state index contributed by atoms with van der Waals surface area (Å²) >= 11 is 3.28. The van der Waals surface area contributed by atoms with Crippen molar-refractivity contribution in [2.24, 2.45) is 0 Å². The van der Waals surface area contributed by atoms with Gasteiger partial charge in [-0.25, -0.2) is 0 Å². The Kier molecular flexibility index (Phi) is 8.19. The van der Waals surface area contributed by atoms with E-state index in [2.05, 4.69) is 28.2 Å². The number of aliphatic hydroxyl groups is 1. The SMILES string of the molecule is CCCCN(CCO)CC(=O)NC(=O)c1ccccc1Br. The van der Waals surface area contributed by atoms with Crippen LogP contribution >= 0.6 is 15.9 Å². The number of nitrogens with one attached hydrogen (secondary N) is 1. The lowest BCUT2D eigenvalue weighted by atomic mass is 10.2. The van der Waals surface area contributed by atoms with E-state index in [0.29, 0.717) is 16.6 Å². The molecule has 1 rings (SSSR count). The maximum Gasteiger partial charge on any atom is 0.259 e. The lowest BCUT2D eigenvalue weighted by Crippen LogP contribution is -2.41. The van der Waals surface area contributed by atoms with E-state index >= 15 is 0 Å². The first kappa shape index (κ1) is 17.8. The van der Waals surface area contributed by atoms with Crippen molar-refractivity contribution in [2.45, 2.75) is 19.8 Å². The molecule has 0 radical (unpaired) electrons. The fraction of sp³-hybridized carbons (Fsp3) is 0.467. The molecule has 0 atom stereocenters. The molecule has 1 aromatic rings. The van der Waals surface area contributed by atoms with Gasteiger partial charge in [-0.15, -0.1) is 0 Å². The quantitative estimate of drug-likeness (QED) is 0.745. The van der Waals surface area contributed by atoms with Crippen LogP contribution in [-0.4, -0.2) is 48.1 Å². The first-order valence-corrected chi connectivity index (χ1v) is 7.79. The molecule has 1 aromatic carbocycles. The molecule has 0 saturated heterocycles. The van der Waals surface area contributed by atoms with Gasteiger partial charge in [0.1, 0.15) is 0 Å². The second kappa shape index (κ2) is 9.65. The highest BCUT2D eigenvalue weighted by molar-refractivity contribution is 9.10. The van der Waals surface area contributed by atoms with Crippen molar-refractivity contribution in [3.63, 3.8) is 0 Å². The number of hydrogen-bond donors (Lipinski definition) is 2. The molecule has 0 bridgehead atoms. The summed E-state index contributed by atoms with van der Waals surface area (Å²) in [5, 5.41) is 11.4. The number of hydrogen-bond acceptors (Lipinski definition) is 4. The van der Waals surface area contributed by atoms with Crippen molar-refractivity contribution >= 4 is 27.7 Å². The Balaban J connectivity index is 2.55. The molecule has 2 N–H and O–H groups in total. The zero-order valence-corrected chi connectivity index (χ0v) is 13.7. The molecule has 0 saturated carbocycles. The molecule has 116 valence electrons. The average Bonchev–Trinajstić information content (AvgIpc) is 2.45. The Morgan fingerprint density at radius 3 is 2.62 bits per heavy atom. The van der Waals surface area contributed by atoms with Crippen LogP contribution in [0.3, 0.4) is 0 Å². The second-order valence-electron chi connectivity index (χ2n) is 4.71. The summed E-state index contributed by atoms with van der Waals surface area (Å²) in [5.41, 5.74) is 0.424. The van der Waals surface area contributed by atoms with E-state index in [0.717, 1.165) is 19.4 Å². The van der Waals surface area contributed by atoms with E-state index in [4.69, 9.17) is 5.11 Å². The number of benzene rings is 1. The van der Waals surface area contributed by atoms with Gasteiger partial charge < -0.3 is 5.11 Å². The van der Waals surface area contributed by atoms with Crippen molar-refractivity contribution in [3.05, 3.63) is 34.3 Å². The van der Waals surface area contributed by atoms with Crippen LogP contribution < -0.4 is 5.32 Å². The van der Waals surface area contributed by atoms with Crippen molar-refractivity contribution in [1.82, 2.24) is 10.2 Å². The normalized spacial score (nSPS) is 10.7. The highest BCUT2D eigenvalue weighted by Crippen LogP contribution is 2.15. The predicted octanol–water partition coefficient (Wildman–Crippen LogP) is 1.80. The summed E-state index contributed by atoms with van der Waals surface area (Å²) in [6.45, 7) is 3.32. The van der Waals surface area contributed by atoms with E-state index in [-0.39, 0.29) is 19.1 Å². The van der Waals surface area contributed by atoms with Gasteiger partial charge in [-0.1, -0.05) is 25.5 Å². The highest BCUT2D eigenvalue weighted by atomic mass is 79.9. The van der Waals surface area contributed by atoms with E-state index in [1.54, 1.807) is 24.3 Å². The van der Waals surface area contributed by atoms with Crippen LogP contribution in [0, 0.1) is 0 Å². The Bertz CT molecular complexity index is 480. The number of imide groups is 1. The molecule has 0 aromatic heterocycles. The van der Waals surface area contributed by atoms with Gasteiger partial charge in [-0.05, 0) is 41.0 Å². The molecular weight excluding hydrogens is 336 g/mol. The molecule has 0 fully saturated rings.